The molecule has 0 fully saturated rings. The molecule has 0 bridgehead atoms. The van der Waals surface area contributed by atoms with Crippen LogP contribution >= 0.6 is 22.7 Å². The molecule has 0 aliphatic rings. The molecule has 0 aromatic carbocycles. The molecule has 0 saturated heterocycles. The fourth-order valence-electron chi connectivity index (χ4n) is 1.50. The van der Waals surface area contributed by atoms with Crippen molar-refractivity contribution >= 4 is 34.3 Å². The van der Waals surface area contributed by atoms with E-state index in [9.17, 15) is 4.79 Å². The molecule has 0 atom stereocenters. The number of nitrogens with one attached hydrogen (secondary N) is 1. The molecule has 2 aromatic rings. The number of thiazole rings is 1. The maximum atomic E-state index is 11.8. The summed E-state index contributed by atoms with van der Waals surface area (Å²) in [5, 5.41) is 5.94. The van der Waals surface area contributed by atoms with Gasteiger partial charge in [0.25, 0.3) is 5.91 Å². The van der Waals surface area contributed by atoms with Crippen LogP contribution in [0.5, 0.6) is 0 Å². The highest BCUT2D eigenvalue weighted by atomic mass is 32.1. The molecule has 1 amide bonds. The number of amides is 1. The second-order valence-electron chi connectivity index (χ2n) is 4.01. The van der Waals surface area contributed by atoms with Crippen LogP contribution in [-0.2, 0) is 6.42 Å². The highest BCUT2D eigenvalue weighted by Gasteiger charge is 2.10. The maximum absolute atomic E-state index is 11.8. The van der Waals surface area contributed by atoms with Crippen molar-refractivity contribution in [3.63, 3.8) is 0 Å². The largest absolute Gasteiger partial charge is 0.398 e. The van der Waals surface area contributed by atoms with Gasteiger partial charge in [0, 0.05) is 34.6 Å². The number of aromatic nitrogens is 1. The molecule has 0 unspecified atom stereocenters. The summed E-state index contributed by atoms with van der Waals surface area (Å²) in [6.45, 7) is 4.48. The average Bonchev–Trinajstić information content (AvgIpc) is 2.87. The lowest BCUT2D eigenvalue weighted by Crippen LogP contribution is -2.24. The van der Waals surface area contributed by atoms with Crippen molar-refractivity contribution in [2.24, 2.45) is 0 Å². The fraction of sp³-hybridized carbons (Fsp3) is 0.333. The van der Waals surface area contributed by atoms with E-state index in [1.165, 1.54) is 11.3 Å². The van der Waals surface area contributed by atoms with E-state index in [2.05, 4.69) is 10.3 Å². The van der Waals surface area contributed by atoms with E-state index >= 15 is 0 Å². The number of thiophene rings is 1. The van der Waals surface area contributed by atoms with E-state index in [1.54, 1.807) is 17.4 Å². The number of anilines is 1. The summed E-state index contributed by atoms with van der Waals surface area (Å²) in [5.74, 6) is -0.0620. The zero-order valence-electron chi connectivity index (χ0n) is 10.3. The lowest BCUT2D eigenvalue weighted by molar-refractivity contribution is 0.0958. The third-order valence-corrected chi connectivity index (χ3v) is 4.56. The number of nitrogens with zero attached hydrogens (tertiary/aromatic N) is 1. The SMILES string of the molecule is Cc1csc(CCNC(=O)c2cc(N)c(C)s2)n1. The number of rotatable bonds is 4. The van der Waals surface area contributed by atoms with Gasteiger partial charge in [0.15, 0.2) is 0 Å². The number of carbonyl (C=O) groups is 1. The van der Waals surface area contributed by atoms with E-state index in [0.29, 0.717) is 17.1 Å². The standard InChI is InChI=1S/C12H15N3OS2/c1-7-6-17-11(15-7)3-4-14-12(16)10-5-9(13)8(2)18-10/h5-6H,3-4,13H2,1-2H3,(H,14,16). The lowest BCUT2D eigenvalue weighted by atomic mass is 10.3. The Kier molecular flexibility index (Phi) is 3.98. The third kappa shape index (κ3) is 3.08. The van der Waals surface area contributed by atoms with Gasteiger partial charge in [0.05, 0.1) is 9.88 Å². The quantitative estimate of drug-likeness (QED) is 0.904. The number of carbonyl (C=O) groups excluding carboxylic acids is 1. The van der Waals surface area contributed by atoms with Gasteiger partial charge in [-0.15, -0.1) is 22.7 Å². The summed E-state index contributed by atoms with van der Waals surface area (Å²) in [7, 11) is 0. The molecular weight excluding hydrogens is 266 g/mol. The Balaban J connectivity index is 1.85. The van der Waals surface area contributed by atoms with Gasteiger partial charge >= 0.3 is 0 Å². The smallest absolute Gasteiger partial charge is 0.261 e. The first-order chi connectivity index (χ1) is 8.56. The van der Waals surface area contributed by atoms with Crippen molar-refractivity contribution in [2.75, 3.05) is 12.3 Å². The van der Waals surface area contributed by atoms with E-state index in [-0.39, 0.29) is 5.91 Å². The Morgan fingerprint density at radius 2 is 2.28 bits per heavy atom. The first kappa shape index (κ1) is 13.0. The predicted molar refractivity (Wildman–Crippen MR) is 76.4 cm³/mol. The number of aryl methyl sites for hydroxylation is 2. The van der Waals surface area contributed by atoms with Crippen LogP contribution < -0.4 is 11.1 Å². The summed E-state index contributed by atoms with van der Waals surface area (Å²) in [4.78, 5) is 17.8. The second-order valence-corrected chi connectivity index (χ2v) is 6.21. The van der Waals surface area contributed by atoms with Gasteiger partial charge in [-0.3, -0.25) is 4.79 Å². The van der Waals surface area contributed by atoms with Crippen LogP contribution in [0.25, 0.3) is 0 Å². The van der Waals surface area contributed by atoms with Crippen LogP contribution in [0.3, 0.4) is 0 Å². The van der Waals surface area contributed by atoms with E-state index in [1.807, 2.05) is 19.2 Å². The van der Waals surface area contributed by atoms with Crippen molar-refractivity contribution in [3.05, 3.63) is 31.9 Å². The van der Waals surface area contributed by atoms with Crippen LogP contribution in [-0.4, -0.2) is 17.4 Å². The van der Waals surface area contributed by atoms with E-state index < -0.39 is 0 Å². The van der Waals surface area contributed by atoms with Crippen LogP contribution in [0.2, 0.25) is 0 Å². The van der Waals surface area contributed by atoms with Crippen LogP contribution in [0.1, 0.15) is 25.3 Å². The van der Waals surface area contributed by atoms with Crippen molar-refractivity contribution in [1.29, 1.82) is 0 Å². The molecule has 0 aliphatic carbocycles. The molecule has 0 saturated carbocycles. The van der Waals surface area contributed by atoms with Gasteiger partial charge in [-0.1, -0.05) is 0 Å². The molecule has 4 nitrogen and oxygen atoms in total. The minimum Gasteiger partial charge on any atom is -0.398 e. The van der Waals surface area contributed by atoms with Gasteiger partial charge in [0.1, 0.15) is 0 Å². The fourth-order valence-corrected chi connectivity index (χ4v) is 3.13. The lowest BCUT2D eigenvalue weighted by Gasteiger charge is -2.01. The zero-order chi connectivity index (χ0) is 13.1. The summed E-state index contributed by atoms with van der Waals surface area (Å²) in [6.07, 6.45) is 0.768. The van der Waals surface area contributed by atoms with Gasteiger partial charge in [-0.2, -0.15) is 0 Å². The van der Waals surface area contributed by atoms with Crippen LogP contribution in [0.15, 0.2) is 11.4 Å². The van der Waals surface area contributed by atoms with E-state index in [4.69, 9.17) is 5.73 Å². The van der Waals surface area contributed by atoms with Gasteiger partial charge < -0.3 is 11.1 Å². The highest BCUT2D eigenvalue weighted by Crippen LogP contribution is 2.23. The Labute approximate surface area is 114 Å². The van der Waals surface area contributed by atoms with Gasteiger partial charge in [-0.25, -0.2) is 4.98 Å². The first-order valence-corrected chi connectivity index (χ1v) is 7.31. The normalized spacial score (nSPS) is 10.6. The first-order valence-electron chi connectivity index (χ1n) is 5.61. The molecule has 0 aliphatic heterocycles. The summed E-state index contributed by atoms with van der Waals surface area (Å²) >= 11 is 3.05. The molecule has 0 radical (unpaired) electrons. The monoisotopic (exact) mass is 281 g/mol. The summed E-state index contributed by atoms with van der Waals surface area (Å²) < 4.78 is 0. The van der Waals surface area contributed by atoms with Crippen molar-refractivity contribution in [2.45, 2.75) is 20.3 Å². The zero-order valence-corrected chi connectivity index (χ0v) is 12.0. The Hall–Kier alpha value is -1.40. The topological polar surface area (TPSA) is 68.0 Å². The summed E-state index contributed by atoms with van der Waals surface area (Å²) in [6, 6.07) is 1.73. The molecule has 6 heteroatoms. The Morgan fingerprint density at radius 1 is 1.50 bits per heavy atom. The van der Waals surface area contributed by atoms with Crippen molar-refractivity contribution < 1.29 is 4.79 Å². The summed E-state index contributed by atoms with van der Waals surface area (Å²) in [5.41, 5.74) is 7.43. The average molecular weight is 281 g/mol. The van der Waals surface area contributed by atoms with Crippen molar-refractivity contribution in [1.82, 2.24) is 10.3 Å². The second kappa shape index (κ2) is 5.49. The van der Waals surface area contributed by atoms with Crippen LogP contribution in [0.4, 0.5) is 5.69 Å². The minimum absolute atomic E-state index is 0.0620. The van der Waals surface area contributed by atoms with Gasteiger partial charge in [0.2, 0.25) is 0 Å². The molecule has 2 heterocycles. The molecule has 96 valence electrons. The molecule has 3 N–H and O–H groups in total. The van der Waals surface area contributed by atoms with Crippen LogP contribution in [0, 0.1) is 13.8 Å². The minimum atomic E-state index is -0.0620. The molecule has 0 spiro atoms. The van der Waals surface area contributed by atoms with Gasteiger partial charge in [-0.05, 0) is 19.9 Å². The number of hydrogen-bond acceptors (Lipinski definition) is 5. The predicted octanol–water partition coefficient (Wildman–Crippen LogP) is 2.38. The Bertz CT molecular complexity index is 540. The number of hydrogen-bond donors (Lipinski definition) is 2. The number of nitrogen functional groups attached to an aromatic ring is 1. The molecule has 18 heavy (non-hydrogen) atoms. The highest BCUT2D eigenvalue weighted by molar-refractivity contribution is 7.14. The Morgan fingerprint density at radius 3 is 2.83 bits per heavy atom. The number of nitrogens with two attached hydrogens (primary N) is 1. The molecule has 2 aromatic heterocycles. The molecule has 2 rings (SSSR count). The maximum Gasteiger partial charge on any atom is 0.261 e. The van der Waals surface area contributed by atoms with Crippen molar-refractivity contribution in [3.8, 4) is 0 Å². The van der Waals surface area contributed by atoms with E-state index in [0.717, 1.165) is 22.0 Å². The molecular formula is C12H15N3OS2. The third-order valence-electron chi connectivity index (χ3n) is 2.47.